The van der Waals surface area contributed by atoms with Crippen LogP contribution in [0.1, 0.15) is 44.2 Å². The molecule has 0 aliphatic rings. The van der Waals surface area contributed by atoms with Gasteiger partial charge in [0.25, 0.3) is 0 Å². The second kappa shape index (κ2) is 40.4. The fourth-order valence-corrected chi connectivity index (χ4v) is 5.08. The first kappa shape index (κ1) is 56.6. The molecule has 0 fully saturated rings. The van der Waals surface area contributed by atoms with Gasteiger partial charge in [-0.05, 0) is 19.3 Å². The molecule has 63 heavy (non-hydrogen) atoms. The van der Waals surface area contributed by atoms with Crippen molar-refractivity contribution in [3.05, 3.63) is 35.7 Å². The summed E-state index contributed by atoms with van der Waals surface area (Å²) in [6, 6.07) is 0. The SMILES string of the molecule is CN/C=C(/COCCOCCOCCNC(=O)CCC(N)(CCC(=O)NCCOCCOCCOC/C(=C/N)NN)CCC(=O)NCCOCCOCCOCc1c[nH]nn1)N=N. The molecule has 1 aromatic heterocycles. The molecular formula is C38H73N13O12. The monoisotopic (exact) mass is 904 g/mol. The van der Waals surface area contributed by atoms with Crippen LogP contribution in [0.4, 0.5) is 0 Å². The number of amides is 3. The van der Waals surface area contributed by atoms with Crippen LogP contribution >= 0.6 is 0 Å². The van der Waals surface area contributed by atoms with Gasteiger partial charge in [-0.15, -0.1) is 5.10 Å². The van der Waals surface area contributed by atoms with Crippen molar-refractivity contribution in [1.82, 2.24) is 42.1 Å². The standard InChI is InChI=1S/C38H73N13O12/c1-43-27-33(49-42)30-62-24-21-59-18-15-56-12-9-45-36(53)3-6-38(40,5-2-35(52)44-8-11-55-14-17-58-20-23-61-29-32(26-39)48-41)7-4-37(54)46-10-13-57-16-19-60-22-25-63-31-34-28-47-51-50-34/h26-28,42-43,48H,2-25,29-31,39-41H2,1H3,(H,44,52)(H,45,53)(H,46,54)(H,47,50,51)/b32-26-,33-27-,49-42?. The molecule has 0 aromatic carbocycles. The topological polar surface area (TPSA) is 350 Å². The van der Waals surface area contributed by atoms with Gasteiger partial charge < -0.3 is 80.8 Å². The van der Waals surface area contributed by atoms with Crippen LogP contribution in [0.25, 0.3) is 0 Å². The molecule has 1 heterocycles. The summed E-state index contributed by atoms with van der Waals surface area (Å²) in [6.07, 6.45) is 5.66. The average molecular weight is 904 g/mol. The van der Waals surface area contributed by atoms with Crippen molar-refractivity contribution in [2.24, 2.45) is 22.4 Å². The number of ether oxygens (including phenoxy) is 9. The summed E-state index contributed by atoms with van der Waals surface area (Å²) in [5, 5.41) is 24.7. The number of H-pyrrole nitrogens is 1. The quantitative estimate of drug-likeness (QED) is 0.0149. The molecule has 25 nitrogen and oxygen atoms in total. The molecule has 0 spiro atoms. The smallest absolute Gasteiger partial charge is 0.220 e. The van der Waals surface area contributed by atoms with E-state index in [9.17, 15) is 14.4 Å². The van der Waals surface area contributed by atoms with Crippen LogP contribution in [-0.2, 0) is 63.6 Å². The highest BCUT2D eigenvalue weighted by Crippen LogP contribution is 2.23. The maximum atomic E-state index is 12.7. The number of carbonyl (C=O) groups is 3. The van der Waals surface area contributed by atoms with E-state index in [2.05, 4.69) is 47.2 Å². The number of aromatic nitrogens is 3. The summed E-state index contributed by atoms with van der Waals surface area (Å²) >= 11 is 0. The summed E-state index contributed by atoms with van der Waals surface area (Å²) in [5.41, 5.74) is 22.4. The van der Waals surface area contributed by atoms with E-state index in [1.807, 2.05) is 0 Å². The Labute approximate surface area is 369 Å². The van der Waals surface area contributed by atoms with Gasteiger partial charge in [-0.25, -0.2) is 5.53 Å². The van der Waals surface area contributed by atoms with Crippen molar-refractivity contribution >= 4 is 17.7 Å². The minimum absolute atomic E-state index is 0.101. The molecule has 0 aliphatic carbocycles. The summed E-state index contributed by atoms with van der Waals surface area (Å²) in [4.78, 5) is 38.1. The van der Waals surface area contributed by atoms with Crippen molar-refractivity contribution in [1.29, 1.82) is 5.53 Å². The van der Waals surface area contributed by atoms with Crippen molar-refractivity contribution < 1.29 is 57.0 Å². The first-order chi connectivity index (χ1) is 30.7. The Morgan fingerprint density at radius 1 is 0.683 bits per heavy atom. The summed E-state index contributed by atoms with van der Waals surface area (Å²) in [5.74, 6) is 4.62. The fraction of sp³-hybridized carbons (Fsp3) is 0.763. The lowest BCUT2D eigenvalue weighted by molar-refractivity contribution is -0.121. The highest BCUT2D eigenvalue weighted by Gasteiger charge is 2.27. The van der Waals surface area contributed by atoms with Gasteiger partial charge in [-0.1, -0.05) is 5.21 Å². The molecule has 3 amide bonds. The van der Waals surface area contributed by atoms with Crippen molar-refractivity contribution in [2.75, 3.05) is 139 Å². The van der Waals surface area contributed by atoms with Crippen molar-refractivity contribution in [3.8, 4) is 0 Å². The highest BCUT2D eigenvalue weighted by molar-refractivity contribution is 5.77. The molecule has 25 heteroatoms. The van der Waals surface area contributed by atoms with Gasteiger partial charge in [0.1, 0.15) is 11.4 Å². The van der Waals surface area contributed by atoms with Crippen LogP contribution < -0.4 is 44.0 Å². The lowest BCUT2D eigenvalue weighted by Crippen LogP contribution is -2.44. The number of nitrogens with zero attached hydrogens (tertiary/aromatic N) is 3. The van der Waals surface area contributed by atoms with E-state index in [4.69, 9.17) is 65.5 Å². The number of hydrogen-bond donors (Lipinski definition) is 10. The van der Waals surface area contributed by atoms with E-state index < -0.39 is 5.54 Å². The average Bonchev–Trinajstić information content (AvgIpc) is 3.82. The minimum Gasteiger partial charge on any atom is -0.403 e. The van der Waals surface area contributed by atoms with Gasteiger partial charge in [-0.3, -0.25) is 25.3 Å². The zero-order chi connectivity index (χ0) is 45.9. The molecule has 362 valence electrons. The number of aromatic amines is 1. The van der Waals surface area contributed by atoms with Crippen LogP contribution in [0, 0.1) is 5.53 Å². The first-order valence-electron chi connectivity index (χ1n) is 21.0. The molecule has 1 rings (SSSR count). The second-order valence-electron chi connectivity index (χ2n) is 13.6. The Balaban J connectivity index is 2.34. The summed E-state index contributed by atoms with van der Waals surface area (Å²) in [6.45, 7) is 6.91. The molecule has 1 atom stereocenters. The third-order valence-corrected chi connectivity index (χ3v) is 8.55. The lowest BCUT2D eigenvalue weighted by atomic mass is 9.84. The Kier molecular flexibility index (Phi) is 36.3. The van der Waals surface area contributed by atoms with Crippen LogP contribution in [-0.4, -0.2) is 178 Å². The summed E-state index contributed by atoms with van der Waals surface area (Å²) < 4.78 is 49.2. The molecule has 13 N–H and O–H groups in total. The Morgan fingerprint density at radius 3 is 1.48 bits per heavy atom. The third-order valence-electron chi connectivity index (χ3n) is 8.55. The van der Waals surface area contributed by atoms with Gasteiger partial charge in [0.15, 0.2) is 0 Å². The number of carbonyl (C=O) groups excluding carboxylic acids is 3. The number of nitrogens with two attached hydrogens (primary N) is 3. The number of hydrogen-bond acceptors (Lipinski definition) is 21. The van der Waals surface area contributed by atoms with E-state index in [0.29, 0.717) is 129 Å². The molecule has 1 aromatic rings. The molecule has 0 bridgehead atoms. The van der Waals surface area contributed by atoms with Crippen LogP contribution in [0.15, 0.2) is 35.1 Å². The van der Waals surface area contributed by atoms with Gasteiger partial charge in [0.2, 0.25) is 17.7 Å². The number of nitrogens with one attached hydrogen (secondary N) is 7. The zero-order valence-corrected chi connectivity index (χ0v) is 36.8. The molecular weight excluding hydrogens is 830 g/mol. The van der Waals surface area contributed by atoms with E-state index >= 15 is 0 Å². The lowest BCUT2D eigenvalue weighted by Gasteiger charge is -2.29. The molecule has 0 aliphatic heterocycles. The predicted molar refractivity (Wildman–Crippen MR) is 228 cm³/mol. The normalized spacial score (nSPS) is 12.7. The van der Waals surface area contributed by atoms with Crippen molar-refractivity contribution in [2.45, 2.75) is 50.7 Å². The van der Waals surface area contributed by atoms with Crippen LogP contribution in [0.2, 0.25) is 0 Å². The summed E-state index contributed by atoms with van der Waals surface area (Å²) in [7, 11) is 1.72. The molecule has 0 saturated carbocycles. The maximum Gasteiger partial charge on any atom is 0.220 e. The highest BCUT2D eigenvalue weighted by atomic mass is 16.6. The van der Waals surface area contributed by atoms with E-state index in [0.717, 1.165) is 0 Å². The van der Waals surface area contributed by atoms with Crippen LogP contribution in [0.3, 0.4) is 0 Å². The van der Waals surface area contributed by atoms with Gasteiger partial charge in [-0.2, -0.15) is 5.11 Å². The molecule has 0 radical (unpaired) electrons. The van der Waals surface area contributed by atoms with E-state index in [1.165, 1.54) is 6.20 Å². The fourth-order valence-electron chi connectivity index (χ4n) is 5.08. The Hall–Kier alpha value is -4.41. The Morgan fingerprint density at radius 2 is 1.10 bits per heavy atom. The van der Waals surface area contributed by atoms with Gasteiger partial charge >= 0.3 is 0 Å². The second-order valence-corrected chi connectivity index (χ2v) is 13.6. The molecule has 0 saturated heterocycles. The van der Waals surface area contributed by atoms with E-state index in [1.54, 1.807) is 19.4 Å². The largest absolute Gasteiger partial charge is 0.403 e. The molecule has 1 unspecified atom stereocenters. The minimum atomic E-state index is -0.961. The predicted octanol–water partition coefficient (Wildman–Crippen LogP) is -1.80. The van der Waals surface area contributed by atoms with Crippen molar-refractivity contribution in [3.63, 3.8) is 0 Å². The number of rotatable bonds is 45. The first-order valence-corrected chi connectivity index (χ1v) is 21.0. The van der Waals surface area contributed by atoms with Crippen LogP contribution in [0.5, 0.6) is 0 Å². The zero-order valence-electron chi connectivity index (χ0n) is 36.8. The number of hydrazine groups is 1. The van der Waals surface area contributed by atoms with Gasteiger partial charge in [0, 0.05) is 70.1 Å². The van der Waals surface area contributed by atoms with E-state index in [-0.39, 0.29) is 82.7 Å². The Bertz CT molecular complexity index is 1370. The maximum absolute atomic E-state index is 12.7. The third kappa shape index (κ3) is 34.7. The van der Waals surface area contributed by atoms with Gasteiger partial charge in [0.05, 0.1) is 125 Å².